The van der Waals surface area contributed by atoms with Crippen LogP contribution in [-0.2, 0) is 0 Å². The van der Waals surface area contributed by atoms with Gasteiger partial charge in [-0.2, -0.15) is 0 Å². The van der Waals surface area contributed by atoms with Crippen LogP contribution in [0.2, 0.25) is 0 Å². The largest absolute Gasteiger partial charge is 0.484 e. The Labute approximate surface area is 264 Å². The van der Waals surface area contributed by atoms with Gasteiger partial charge in [-0.15, -0.1) is 0 Å². The molecule has 0 aliphatic carbocycles. The summed E-state index contributed by atoms with van der Waals surface area (Å²) < 4.78 is 18.9. The van der Waals surface area contributed by atoms with Crippen LogP contribution in [0, 0.1) is 0 Å². The Morgan fingerprint density at radius 2 is 0.933 bits per heavy atom. The predicted molar refractivity (Wildman–Crippen MR) is 183 cm³/mol. The van der Waals surface area contributed by atoms with Crippen LogP contribution >= 0.6 is 0 Å². The molecule has 45 heavy (non-hydrogen) atoms. The van der Waals surface area contributed by atoms with Crippen molar-refractivity contribution in [2.45, 2.75) is 19.4 Å². The number of hydrogen-bond acceptors (Lipinski definition) is 6. The summed E-state index contributed by atoms with van der Waals surface area (Å²) in [4.78, 5) is 2.17. The molecule has 0 aliphatic rings. The Bertz CT molecular complexity index is 1720. The van der Waals surface area contributed by atoms with Gasteiger partial charge in [0, 0.05) is 22.7 Å². The van der Waals surface area contributed by atoms with Crippen LogP contribution in [0.1, 0.15) is 25.0 Å². The number of hydrogen-bond donors (Lipinski definition) is 2. The van der Waals surface area contributed by atoms with Crippen molar-refractivity contribution in [3.05, 3.63) is 157 Å². The molecule has 6 aromatic carbocycles. The quantitative estimate of drug-likeness (QED) is 0.145. The molecular formula is C39H35N3O3. The fourth-order valence-electron chi connectivity index (χ4n) is 5.05. The van der Waals surface area contributed by atoms with Crippen LogP contribution in [0.4, 0.5) is 28.4 Å². The highest BCUT2D eigenvalue weighted by Gasteiger charge is 2.20. The van der Waals surface area contributed by atoms with Crippen molar-refractivity contribution in [3.8, 4) is 28.7 Å². The lowest BCUT2D eigenvalue weighted by atomic mass is 10.1. The van der Waals surface area contributed by atoms with Crippen LogP contribution in [0.5, 0.6) is 28.7 Å². The first-order valence-electron chi connectivity index (χ1n) is 14.9. The third-order valence-corrected chi connectivity index (χ3v) is 7.34. The fourth-order valence-corrected chi connectivity index (χ4v) is 5.05. The molecule has 0 saturated heterocycles. The van der Waals surface area contributed by atoms with Gasteiger partial charge in [-0.05, 0) is 121 Å². The first kappa shape index (κ1) is 29.2. The Balaban J connectivity index is 1.34. The lowest BCUT2D eigenvalue weighted by Crippen LogP contribution is -2.13. The van der Waals surface area contributed by atoms with Crippen LogP contribution in [0.25, 0.3) is 0 Å². The minimum Gasteiger partial charge on any atom is -0.484 e. The molecule has 0 fully saturated rings. The lowest BCUT2D eigenvalue weighted by molar-refractivity contribution is 0.202. The second-order valence-electron chi connectivity index (χ2n) is 10.6. The van der Waals surface area contributed by atoms with Gasteiger partial charge in [-0.25, -0.2) is 0 Å². The molecule has 6 rings (SSSR count). The van der Waals surface area contributed by atoms with Crippen molar-refractivity contribution in [3.63, 3.8) is 0 Å². The number of anilines is 5. The summed E-state index contributed by atoms with van der Waals surface area (Å²) in [5.74, 6) is 3.65. The summed E-state index contributed by atoms with van der Waals surface area (Å²) >= 11 is 0. The monoisotopic (exact) mass is 593 g/mol. The summed E-state index contributed by atoms with van der Waals surface area (Å²) in [5.41, 5.74) is 17.0. The summed E-state index contributed by atoms with van der Waals surface area (Å²) in [7, 11) is 0. The average molecular weight is 594 g/mol. The normalized spacial score (nSPS) is 11.4. The average Bonchev–Trinajstić information content (AvgIpc) is 3.08. The smallest absolute Gasteiger partial charge is 0.144 e. The maximum Gasteiger partial charge on any atom is 0.144 e. The highest BCUT2D eigenvalue weighted by molar-refractivity contribution is 5.80. The third kappa shape index (κ3) is 7.20. The van der Waals surface area contributed by atoms with Gasteiger partial charge in [-0.3, -0.25) is 0 Å². The van der Waals surface area contributed by atoms with Gasteiger partial charge in [0.25, 0.3) is 0 Å². The number of nitrogens with two attached hydrogens (primary N) is 2. The second kappa shape index (κ2) is 13.6. The Morgan fingerprint density at radius 3 is 1.40 bits per heavy atom. The molecule has 0 aliphatic heterocycles. The zero-order valence-corrected chi connectivity index (χ0v) is 25.0. The minimum atomic E-state index is -0.0967. The van der Waals surface area contributed by atoms with E-state index >= 15 is 0 Å². The van der Waals surface area contributed by atoms with Crippen molar-refractivity contribution in [2.75, 3.05) is 16.4 Å². The number of rotatable bonds is 11. The molecule has 0 amide bonds. The van der Waals surface area contributed by atoms with Crippen molar-refractivity contribution in [2.24, 2.45) is 0 Å². The molecule has 0 bridgehead atoms. The van der Waals surface area contributed by atoms with E-state index in [4.69, 9.17) is 25.7 Å². The molecule has 1 atom stereocenters. The molecule has 0 heterocycles. The highest BCUT2D eigenvalue weighted by Crippen LogP contribution is 2.43. The van der Waals surface area contributed by atoms with Crippen LogP contribution in [0.3, 0.4) is 0 Å². The number of nitrogen functional groups attached to an aromatic ring is 2. The highest BCUT2D eigenvalue weighted by atomic mass is 16.5. The Morgan fingerprint density at radius 1 is 0.511 bits per heavy atom. The van der Waals surface area contributed by atoms with Gasteiger partial charge >= 0.3 is 0 Å². The number of benzene rings is 6. The van der Waals surface area contributed by atoms with Crippen molar-refractivity contribution >= 4 is 28.4 Å². The molecule has 1 unspecified atom stereocenters. The van der Waals surface area contributed by atoms with E-state index in [-0.39, 0.29) is 6.10 Å². The number of ether oxygens (including phenoxy) is 3. The summed E-state index contributed by atoms with van der Waals surface area (Å²) in [6, 6.07) is 49.1. The fraction of sp³-hybridized carbons (Fsp3) is 0.0769. The first-order chi connectivity index (χ1) is 22.1. The van der Waals surface area contributed by atoms with Gasteiger partial charge in [0.1, 0.15) is 34.9 Å². The Hall–Kier alpha value is -5.88. The molecule has 6 heteroatoms. The summed E-state index contributed by atoms with van der Waals surface area (Å²) in [6.45, 7) is 2.14. The van der Waals surface area contributed by atoms with E-state index in [9.17, 15) is 0 Å². The zero-order chi connectivity index (χ0) is 31.0. The Kier molecular flexibility index (Phi) is 8.83. The second-order valence-corrected chi connectivity index (χ2v) is 10.6. The van der Waals surface area contributed by atoms with Gasteiger partial charge in [0.2, 0.25) is 0 Å². The maximum absolute atomic E-state index is 6.72. The van der Waals surface area contributed by atoms with E-state index in [1.807, 2.05) is 133 Å². The van der Waals surface area contributed by atoms with E-state index in [0.29, 0.717) is 11.4 Å². The lowest BCUT2D eigenvalue weighted by Gasteiger charge is -2.29. The molecule has 224 valence electrons. The van der Waals surface area contributed by atoms with Gasteiger partial charge in [0.15, 0.2) is 0 Å². The van der Waals surface area contributed by atoms with Crippen LogP contribution < -0.4 is 30.6 Å². The molecule has 0 saturated carbocycles. The molecule has 4 N–H and O–H groups in total. The summed E-state index contributed by atoms with van der Waals surface area (Å²) in [6.07, 6.45) is 0.729. The molecule has 0 spiro atoms. The zero-order valence-electron chi connectivity index (χ0n) is 25.0. The van der Waals surface area contributed by atoms with Gasteiger partial charge in [-0.1, -0.05) is 49.4 Å². The molecule has 6 aromatic rings. The SMILES string of the molecule is CCC(Oc1ccccc1N(c1ccc(Oc2ccc(N)cc2)cc1)c1ccc(Oc2ccc(N)cc2)cc1)c1ccccc1. The molecular weight excluding hydrogens is 558 g/mol. The number of nitrogens with zero attached hydrogens (tertiary/aromatic N) is 1. The topological polar surface area (TPSA) is 83.0 Å². The first-order valence-corrected chi connectivity index (χ1v) is 14.9. The number of para-hydroxylation sites is 2. The predicted octanol–water partition coefficient (Wildman–Crippen LogP) is 10.4. The minimum absolute atomic E-state index is 0.0967. The standard InChI is InChI=1S/C39H35N3O3/c1-2-38(28-8-4-3-5-9-28)45-39-11-7-6-10-37(39)42(31-16-24-35(25-17-31)43-33-20-12-29(40)13-21-33)32-18-26-36(27-19-32)44-34-22-14-30(41)15-23-34/h3-27,38H,2,40-41H2,1H3. The van der Waals surface area contributed by atoms with Crippen molar-refractivity contribution < 1.29 is 14.2 Å². The maximum atomic E-state index is 6.72. The van der Waals surface area contributed by atoms with Gasteiger partial charge < -0.3 is 30.6 Å². The molecule has 0 aromatic heterocycles. The van der Waals surface area contributed by atoms with Gasteiger partial charge in [0.05, 0.1) is 5.69 Å². The van der Waals surface area contributed by atoms with Crippen molar-refractivity contribution in [1.29, 1.82) is 0 Å². The van der Waals surface area contributed by atoms with Crippen LogP contribution in [-0.4, -0.2) is 0 Å². The van der Waals surface area contributed by atoms with E-state index < -0.39 is 0 Å². The van der Waals surface area contributed by atoms with Crippen molar-refractivity contribution in [1.82, 2.24) is 0 Å². The molecule has 0 radical (unpaired) electrons. The van der Waals surface area contributed by atoms with E-state index in [0.717, 1.165) is 57.8 Å². The van der Waals surface area contributed by atoms with E-state index in [2.05, 4.69) is 30.0 Å². The van der Waals surface area contributed by atoms with Crippen LogP contribution in [0.15, 0.2) is 152 Å². The molecule has 6 nitrogen and oxygen atoms in total. The summed E-state index contributed by atoms with van der Waals surface area (Å²) in [5, 5.41) is 0. The van der Waals surface area contributed by atoms with E-state index in [1.54, 1.807) is 0 Å². The third-order valence-electron chi connectivity index (χ3n) is 7.34. The van der Waals surface area contributed by atoms with E-state index in [1.165, 1.54) is 0 Å².